The molecule has 138 valence electrons. The summed E-state index contributed by atoms with van der Waals surface area (Å²) in [6, 6.07) is 3.50. The molecule has 26 heavy (non-hydrogen) atoms. The Hall–Kier alpha value is -1.39. The van der Waals surface area contributed by atoms with Gasteiger partial charge in [0.15, 0.2) is 0 Å². The minimum atomic E-state index is -0.653. The lowest BCUT2D eigenvalue weighted by Gasteiger charge is -2.39. The van der Waals surface area contributed by atoms with Gasteiger partial charge in [0.1, 0.15) is 0 Å². The number of rotatable bonds is 3. The summed E-state index contributed by atoms with van der Waals surface area (Å²) in [7, 11) is 0. The van der Waals surface area contributed by atoms with Crippen molar-refractivity contribution in [3.8, 4) is 0 Å². The molecule has 4 nitrogen and oxygen atoms in total. The Labute approximate surface area is 163 Å². The van der Waals surface area contributed by atoms with Crippen molar-refractivity contribution in [3.05, 3.63) is 33.6 Å². The fourth-order valence-electron chi connectivity index (χ4n) is 4.99. The summed E-state index contributed by atoms with van der Waals surface area (Å²) in [5.41, 5.74) is 2.05. The molecule has 1 aromatic heterocycles. The van der Waals surface area contributed by atoms with E-state index in [2.05, 4.69) is 33.0 Å². The molecule has 1 fully saturated rings. The summed E-state index contributed by atoms with van der Waals surface area (Å²) >= 11 is 12.4. The van der Waals surface area contributed by atoms with Gasteiger partial charge in [-0.25, -0.2) is 9.97 Å². The Morgan fingerprint density at radius 3 is 2.23 bits per heavy atom. The van der Waals surface area contributed by atoms with Gasteiger partial charge in [-0.2, -0.15) is 0 Å². The largest absolute Gasteiger partial charge is 0.355 e. The fraction of sp³-hybridized carbons (Fsp3) is 0.550. The van der Waals surface area contributed by atoms with Crippen molar-refractivity contribution in [2.75, 3.05) is 6.54 Å². The smallest absolute Gasteiger partial charge is 0.232 e. The lowest BCUT2D eigenvalue weighted by Crippen LogP contribution is -2.51. The number of amides is 1. The molecule has 0 aliphatic heterocycles. The SMILES string of the molecule is CCCNC(=O)C12CCC(C)(c3nc4cc(Cl)c(Cl)cc4nc31)C2(C)C. The van der Waals surface area contributed by atoms with Crippen molar-refractivity contribution in [3.63, 3.8) is 0 Å². The molecule has 4 rings (SSSR count). The molecule has 2 atom stereocenters. The zero-order chi connectivity index (χ0) is 18.9. The van der Waals surface area contributed by atoms with E-state index in [1.54, 1.807) is 12.1 Å². The molecule has 2 aliphatic rings. The van der Waals surface area contributed by atoms with Crippen LogP contribution in [0.2, 0.25) is 10.0 Å². The molecule has 6 heteroatoms. The van der Waals surface area contributed by atoms with E-state index in [1.807, 2.05) is 0 Å². The highest BCUT2D eigenvalue weighted by Crippen LogP contribution is 2.70. The second kappa shape index (κ2) is 5.56. The van der Waals surface area contributed by atoms with Gasteiger partial charge in [-0.15, -0.1) is 0 Å². The molecule has 1 aromatic carbocycles. The number of nitrogens with one attached hydrogen (secondary N) is 1. The number of hydrogen-bond acceptors (Lipinski definition) is 3. The molecular weight excluding hydrogens is 369 g/mol. The number of benzene rings is 1. The predicted octanol–water partition coefficient (Wildman–Crippen LogP) is 4.79. The van der Waals surface area contributed by atoms with Crippen LogP contribution in [-0.4, -0.2) is 22.4 Å². The molecule has 0 radical (unpaired) electrons. The van der Waals surface area contributed by atoms with E-state index in [0.717, 1.165) is 36.2 Å². The lowest BCUT2D eigenvalue weighted by atomic mass is 9.63. The predicted molar refractivity (Wildman–Crippen MR) is 105 cm³/mol. The topological polar surface area (TPSA) is 54.9 Å². The number of fused-ring (bicyclic) bond motifs is 6. The molecule has 0 saturated heterocycles. The summed E-state index contributed by atoms with van der Waals surface area (Å²) in [5, 5.41) is 4.04. The maximum atomic E-state index is 13.3. The zero-order valence-corrected chi connectivity index (χ0v) is 17.1. The van der Waals surface area contributed by atoms with E-state index < -0.39 is 5.41 Å². The first-order valence-electron chi connectivity index (χ1n) is 9.15. The lowest BCUT2D eigenvalue weighted by molar-refractivity contribution is -0.130. The summed E-state index contributed by atoms with van der Waals surface area (Å²) in [6.45, 7) is 9.30. The van der Waals surface area contributed by atoms with Gasteiger partial charge >= 0.3 is 0 Å². The van der Waals surface area contributed by atoms with Crippen LogP contribution in [0.3, 0.4) is 0 Å². The number of hydrogen-bond donors (Lipinski definition) is 1. The molecule has 2 unspecified atom stereocenters. The minimum absolute atomic E-state index is 0.0699. The van der Waals surface area contributed by atoms with Crippen molar-refractivity contribution in [1.82, 2.24) is 15.3 Å². The minimum Gasteiger partial charge on any atom is -0.355 e. The zero-order valence-electron chi connectivity index (χ0n) is 15.5. The van der Waals surface area contributed by atoms with Crippen molar-refractivity contribution in [1.29, 1.82) is 0 Å². The van der Waals surface area contributed by atoms with Gasteiger partial charge < -0.3 is 5.32 Å². The second-order valence-electron chi connectivity index (χ2n) is 8.29. The molecule has 2 aromatic rings. The Kier molecular flexibility index (Phi) is 3.85. The monoisotopic (exact) mass is 391 g/mol. The van der Waals surface area contributed by atoms with Crippen LogP contribution in [0.4, 0.5) is 0 Å². The molecule has 2 aliphatic carbocycles. The van der Waals surface area contributed by atoms with E-state index in [4.69, 9.17) is 33.2 Å². The molecule has 2 bridgehead atoms. The van der Waals surface area contributed by atoms with Gasteiger partial charge in [0.2, 0.25) is 5.91 Å². The van der Waals surface area contributed by atoms with Gasteiger partial charge in [-0.1, -0.05) is 50.9 Å². The van der Waals surface area contributed by atoms with Gasteiger partial charge in [0.25, 0.3) is 0 Å². The number of carbonyl (C=O) groups excluding carboxylic acids is 1. The number of nitrogens with zero attached hydrogens (tertiary/aromatic N) is 2. The molecule has 1 amide bonds. The second-order valence-corrected chi connectivity index (χ2v) is 9.11. The van der Waals surface area contributed by atoms with Crippen molar-refractivity contribution >= 4 is 40.1 Å². The summed E-state index contributed by atoms with van der Waals surface area (Å²) < 4.78 is 0. The molecule has 1 heterocycles. The number of aromatic nitrogens is 2. The number of halogens is 2. The van der Waals surface area contributed by atoms with E-state index in [9.17, 15) is 4.79 Å². The third-order valence-corrected chi connectivity index (χ3v) is 7.72. The molecular formula is C20H23Cl2N3O. The Morgan fingerprint density at radius 1 is 1.08 bits per heavy atom. The highest BCUT2D eigenvalue weighted by atomic mass is 35.5. The Balaban J connectivity index is 2.00. The van der Waals surface area contributed by atoms with Gasteiger partial charge in [0.05, 0.1) is 37.9 Å². The maximum Gasteiger partial charge on any atom is 0.232 e. The average molecular weight is 392 g/mol. The van der Waals surface area contributed by atoms with Crippen LogP contribution >= 0.6 is 23.2 Å². The highest BCUT2D eigenvalue weighted by Gasteiger charge is 2.73. The fourth-order valence-corrected chi connectivity index (χ4v) is 5.31. The standard InChI is InChI=1S/C20H23Cl2N3O/c1-5-8-23-17(26)20-7-6-19(4,18(20,2)3)15-16(20)25-14-10-12(22)11(21)9-13(14)24-15/h9-10H,5-8H2,1-4H3,(H,23,26). The van der Waals surface area contributed by atoms with E-state index in [0.29, 0.717) is 22.1 Å². The van der Waals surface area contributed by atoms with Gasteiger partial charge in [-0.05, 0) is 36.8 Å². The van der Waals surface area contributed by atoms with Crippen molar-refractivity contribution in [2.24, 2.45) is 5.41 Å². The Bertz CT molecular complexity index is 942. The third kappa shape index (κ3) is 1.95. The van der Waals surface area contributed by atoms with Crippen LogP contribution in [0.15, 0.2) is 12.1 Å². The van der Waals surface area contributed by atoms with Crippen LogP contribution in [0.25, 0.3) is 11.0 Å². The number of carbonyl (C=O) groups is 1. The highest BCUT2D eigenvalue weighted by molar-refractivity contribution is 6.42. The average Bonchev–Trinajstić information content (AvgIpc) is 2.88. The van der Waals surface area contributed by atoms with E-state index >= 15 is 0 Å². The van der Waals surface area contributed by atoms with E-state index in [1.165, 1.54) is 0 Å². The normalized spacial score (nSPS) is 28.4. The van der Waals surface area contributed by atoms with Crippen LogP contribution in [-0.2, 0) is 15.6 Å². The van der Waals surface area contributed by atoms with E-state index in [-0.39, 0.29) is 16.7 Å². The first-order chi connectivity index (χ1) is 12.2. The van der Waals surface area contributed by atoms with Crippen molar-refractivity contribution in [2.45, 2.75) is 57.8 Å². The quantitative estimate of drug-likeness (QED) is 0.817. The maximum absolute atomic E-state index is 13.3. The van der Waals surface area contributed by atoms with Crippen LogP contribution in [0.5, 0.6) is 0 Å². The molecule has 0 spiro atoms. The summed E-state index contributed by atoms with van der Waals surface area (Å²) in [4.78, 5) is 23.2. The first-order valence-corrected chi connectivity index (χ1v) is 9.90. The van der Waals surface area contributed by atoms with Gasteiger partial charge in [-0.3, -0.25) is 4.79 Å². The van der Waals surface area contributed by atoms with Crippen molar-refractivity contribution < 1.29 is 4.79 Å². The van der Waals surface area contributed by atoms with Crippen LogP contribution in [0, 0.1) is 5.41 Å². The molecule has 1 N–H and O–H groups in total. The third-order valence-electron chi connectivity index (χ3n) is 7.00. The Morgan fingerprint density at radius 2 is 1.65 bits per heavy atom. The first kappa shape index (κ1) is 18.0. The van der Waals surface area contributed by atoms with Gasteiger partial charge in [0, 0.05) is 12.0 Å². The van der Waals surface area contributed by atoms with Crippen LogP contribution < -0.4 is 5.32 Å². The molecule has 1 saturated carbocycles. The van der Waals surface area contributed by atoms with Crippen LogP contribution in [0.1, 0.15) is 58.3 Å². The summed E-state index contributed by atoms with van der Waals surface area (Å²) in [6.07, 6.45) is 2.62. The summed E-state index contributed by atoms with van der Waals surface area (Å²) in [5.74, 6) is 0.0699.